The smallest absolute Gasteiger partial charge is 0.159 e. The molecular weight excluding hydrogens is 639 g/mol. The number of allylic oxidation sites excluding steroid dienone is 5. The number of thiophene rings is 1. The van der Waals surface area contributed by atoms with Crippen molar-refractivity contribution in [2.45, 2.75) is 6.92 Å². The van der Waals surface area contributed by atoms with E-state index >= 15 is 0 Å². The standard InChI is InChI=1S/C47H31N3S/c1-3-16-30(17-4-2)47-48-28-38(43(49-47)29-18-6-5-7-19-29)50-44-35-24-12-9-21-32(35)31-20-8-10-22-33(31)40(44)41-34-23-11-13-25-36(34)46-42(45(41)50)37-26-14-15-27-39(37)51-46/h3-28H,1H2,2H3/b17-4-,30-16+. The van der Waals surface area contributed by atoms with Crippen molar-refractivity contribution in [3.8, 4) is 16.9 Å². The molecule has 0 bridgehead atoms. The number of nitrogens with zero attached hydrogens (tertiary/aromatic N) is 3. The third-order valence-corrected chi connectivity index (χ3v) is 11.3. The van der Waals surface area contributed by atoms with Crippen LogP contribution in [0.5, 0.6) is 0 Å². The summed E-state index contributed by atoms with van der Waals surface area (Å²) in [4.78, 5) is 10.5. The highest BCUT2D eigenvalue weighted by Crippen LogP contribution is 2.51. The molecule has 7 aromatic carbocycles. The van der Waals surface area contributed by atoms with Crippen molar-refractivity contribution in [2.24, 2.45) is 0 Å². The third-order valence-electron chi connectivity index (χ3n) is 10.1. The van der Waals surface area contributed by atoms with Gasteiger partial charge >= 0.3 is 0 Å². The highest BCUT2D eigenvalue weighted by atomic mass is 32.1. The topological polar surface area (TPSA) is 30.7 Å². The van der Waals surface area contributed by atoms with E-state index in [0.29, 0.717) is 5.82 Å². The van der Waals surface area contributed by atoms with Crippen LogP contribution in [0.1, 0.15) is 12.7 Å². The van der Waals surface area contributed by atoms with Crippen LogP contribution in [0.2, 0.25) is 0 Å². The van der Waals surface area contributed by atoms with Gasteiger partial charge in [0, 0.05) is 52.9 Å². The fraction of sp³-hybridized carbons (Fsp3) is 0.0213. The molecule has 3 heterocycles. The Kier molecular flexibility index (Phi) is 6.73. The van der Waals surface area contributed by atoms with Crippen molar-refractivity contribution in [1.29, 1.82) is 0 Å². The summed E-state index contributed by atoms with van der Waals surface area (Å²) in [5.74, 6) is 0.656. The van der Waals surface area contributed by atoms with Crippen molar-refractivity contribution < 1.29 is 0 Å². The van der Waals surface area contributed by atoms with Gasteiger partial charge in [0.15, 0.2) is 5.82 Å². The Labute approximate surface area is 298 Å². The molecule has 0 aliphatic heterocycles. The van der Waals surface area contributed by atoms with E-state index < -0.39 is 0 Å². The first kappa shape index (κ1) is 29.5. The van der Waals surface area contributed by atoms with E-state index in [-0.39, 0.29) is 0 Å². The number of aromatic nitrogens is 3. The van der Waals surface area contributed by atoms with Crippen LogP contribution in [0.25, 0.3) is 96.8 Å². The average Bonchev–Trinajstić information content (AvgIpc) is 3.76. The van der Waals surface area contributed by atoms with E-state index in [0.717, 1.165) is 28.0 Å². The largest absolute Gasteiger partial charge is 0.304 e. The zero-order valence-corrected chi connectivity index (χ0v) is 28.8. The zero-order valence-electron chi connectivity index (χ0n) is 28.0. The van der Waals surface area contributed by atoms with E-state index in [9.17, 15) is 0 Å². The second-order valence-corrected chi connectivity index (χ2v) is 13.9. The summed E-state index contributed by atoms with van der Waals surface area (Å²) < 4.78 is 5.06. The summed E-state index contributed by atoms with van der Waals surface area (Å²) in [5.41, 5.74) is 6.10. The van der Waals surface area contributed by atoms with Gasteiger partial charge in [0.2, 0.25) is 0 Å². The molecule has 0 saturated heterocycles. The van der Waals surface area contributed by atoms with Crippen LogP contribution in [0.3, 0.4) is 0 Å². The SMILES string of the molecule is C=C/C=C(\C=C/C)c1ncc(-n2c3c4ccccc4c4ccccc4c3c3c4ccccc4c4sc5ccccc5c4c32)c(-c2ccccc2)n1. The first-order valence-electron chi connectivity index (χ1n) is 17.2. The van der Waals surface area contributed by atoms with Crippen molar-refractivity contribution in [1.82, 2.24) is 14.5 Å². The third kappa shape index (κ3) is 4.30. The maximum absolute atomic E-state index is 5.39. The highest BCUT2D eigenvalue weighted by Gasteiger charge is 2.27. The number of hydrogen-bond acceptors (Lipinski definition) is 3. The van der Waals surface area contributed by atoms with Gasteiger partial charge in [-0.3, -0.25) is 0 Å². The Morgan fingerprint density at radius 1 is 0.627 bits per heavy atom. The summed E-state index contributed by atoms with van der Waals surface area (Å²) in [6.07, 6.45) is 9.85. The average molecular weight is 670 g/mol. The fourth-order valence-electron chi connectivity index (χ4n) is 8.06. The van der Waals surface area contributed by atoms with E-state index in [1.807, 2.05) is 42.7 Å². The molecule has 0 aliphatic rings. The molecule has 0 saturated carbocycles. The molecule has 0 unspecified atom stereocenters. The van der Waals surface area contributed by atoms with Gasteiger partial charge in [-0.15, -0.1) is 11.3 Å². The van der Waals surface area contributed by atoms with Gasteiger partial charge in [0.25, 0.3) is 0 Å². The Morgan fingerprint density at radius 2 is 1.22 bits per heavy atom. The van der Waals surface area contributed by atoms with Crippen molar-refractivity contribution in [2.75, 3.05) is 0 Å². The molecule has 4 heteroatoms. The van der Waals surface area contributed by atoms with Crippen LogP contribution in [0.4, 0.5) is 0 Å². The normalized spacial score (nSPS) is 12.5. The van der Waals surface area contributed by atoms with Gasteiger partial charge in [0.05, 0.1) is 28.6 Å². The lowest BCUT2D eigenvalue weighted by atomic mass is 9.94. The summed E-state index contributed by atoms with van der Waals surface area (Å²) in [5, 5.41) is 12.5. The van der Waals surface area contributed by atoms with Crippen molar-refractivity contribution in [3.05, 3.63) is 170 Å². The number of hydrogen-bond donors (Lipinski definition) is 0. The quantitative estimate of drug-likeness (QED) is 0.135. The Hall–Kier alpha value is -6.36. The predicted molar refractivity (Wildman–Crippen MR) is 220 cm³/mol. The monoisotopic (exact) mass is 669 g/mol. The second kappa shape index (κ2) is 11.6. The molecule has 240 valence electrons. The molecule has 51 heavy (non-hydrogen) atoms. The first-order chi connectivity index (χ1) is 25.3. The number of rotatable bonds is 5. The highest BCUT2D eigenvalue weighted by molar-refractivity contribution is 7.27. The molecule has 0 atom stereocenters. The minimum atomic E-state index is 0.656. The van der Waals surface area contributed by atoms with Crippen molar-refractivity contribution >= 4 is 91.2 Å². The maximum atomic E-state index is 5.39. The summed E-state index contributed by atoms with van der Waals surface area (Å²) in [6.45, 7) is 5.99. The minimum Gasteiger partial charge on any atom is -0.304 e. The van der Waals surface area contributed by atoms with Gasteiger partial charge in [-0.2, -0.15) is 0 Å². The van der Waals surface area contributed by atoms with Gasteiger partial charge in [-0.1, -0.05) is 152 Å². The van der Waals surface area contributed by atoms with Crippen LogP contribution in [0.15, 0.2) is 164 Å². The molecule has 0 radical (unpaired) electrons. The number of fused-ring (bicyclic) bond motifs is 15. The van der Waals surface area contributed by atoms with E-state index in [4.69, 9.17) is 9.97 Å². The molecule has 3 nitrogen and oxygen atoms in total. The van der Waals surface area contributed by atoms with Crippen molar-refractivity contribution in [3.63, 3.8) is 0 Å². The second-order valence-electron chi connectivity index (χ2n) is 12.9. The Morgan fingerprint density at radius 3 is 1.94 bits per heavy atom. The van der Waals surface area contributed by atoms with Crippen LogP contribution in [-0.2, 0) is 0 Å². The molecule has 10 aromatic rings. The van der Waals surface area contributed by atoms with E-state index in [2.05, 4.69) is 139 Å². The number of benzene rings is 7. The van der Waals surface area contributed by atoms with E-state index in [1.165, 1.54) is 68.8 Å². The van der Waals surface area contributed by atoms with Gasteiger partial charge in [-0.25, -0.2) is 9.97 Å². The lowest BCUT2D eigenvalue weighted by Gasteiger charge is -2.16. The lowest BCUT2D eigenvalue weighted by Crippen LogP contribution is -2.04. The van der Waals surface area contributed by atoms with Crippen LogP contribution in [0, 0.1) is 0 Å². The summed E-state index contributed by atoms with van der Waals surface area (Å²) in [6, 6.07) is 46.0. The molecule has 0 spiro atoms. The van der Waals surface area contributed by atoms with Crippen LogP contribution >= 0.6 is 11.3 Å². The summed E-state index contributed by atoms with van der Waals surface area (Å²) in [7, 11) is 0. The van der Waals surface area contributed by atoms with Gasteiger partial charge in [0.1, 0.15) is 0 Å². The fourth-order valence-corrected chi connectivity index (χ4v) is 9.30. The van der Waals surface area contributed by atoms with Gasteiger partial charge < -0.3 is 4.57 Å². The minimum absolute atomic E-state index is 0.656. The maximum Gasteiger partial charge on any atom is 0.159 e. The van der Waals surface area contributed by atoms with Gasteiger partial charge in [-0.05, 0) is 34.5 Å². The molecule has 10 rings (SSSR count). The molecule has 0 fully saturated rings. The van der Waals surface area contributed by atoms with E-state index in [1.54, 1.807) is 6.08 Å². The molecule has 3 aromatic heterocycles. The molecular formula is C47H31N3S. The van der Waals surface area contributed by atoms with Crippen LogP contribution < -0.4 is 0 Å². The zero-order chi connectivity index (χ0) is 34.1. The molecule has 0 amide bonds. The molecule has 0 N–H and O–H groups in total. The van der Waals surface area contributed by atoms with Crippen LogP contribution in [-0.4, -0.2) is 14.5 Å². The lowest BCUT2D eigenvalue weighted by molar-refractivity contribution is 1.06. The summed E-state index contributed by atoms with van der Waals surface area (Å²) >= 11 is 1.88. The predicted octanol–water partition coefficient (Wildman–Crippen LogP) is 13.2. The Balaban J connectivity index is 1.53. The first-order valence-corrected chi connectivity index (χ1v) is 18.1. The molecule has 0 aliphatic carbocycles. The Bertz CT molecular complexity index is 3100.